The molecule has 1 aromatic rings. The molecular weight excluding hydrogens is 336 g/mol. The third-order valence-electron chi connectivity index (χ3n) is 3.75. The lowest BCUT2D eigenvalue weighted by molar-refractivity contribution is -0.136. The van der Waals surface area contributed by atoms with Crippen LogP contribution in [0.5, 0.6) is 0 Å². The van der Waals surface area contributed by atoms with Gasteiger partial charge in [-0.25, -0.2) is 9.59 Å². The van der Waals surface area contributed by atoms with Crippen molar-refractivity contribution in [1.82, 2.24) is 20.0 Å². The van der Waals surface area contributed by atoms with E-state index in [2.05, 4.69) is 10.4 Å². The highest BCUT2D eigenvalue weighted by atomic mass is 35.5. The molecule has 2 heterocycles. The van der Waals surface area contributed by atoms with Crippen LogP contribution in [0.25, 0.3) is 0 Å². The lowest BCUT2D eigenvalue weighted by Crippen LogP contribution is -2.41. The first-order valence-corrected chi connectivity index (χ1v) is 8.27. The Morgan fingerprint density at radius 3 is 2.75 bits per heavy atom. The van der Waals surface area contributed by atoms with Crippen molar-refractivity contribution in [3.63, 3.8) is 0 Å². The molecule has 0 saturated carbocycles. The van der Waals surface area contributed by atoms with Crippen molar-refractivity contribution < 1.29 is 19.1 Å². The van der Waals surface area contributed by atoms with Crippen LogP contribution in [0.4, 0.5) is 4.79 Å². The summed E-state index contributed by atoms with van der Waals surface area (Å²) in [5.74, 6) is -1.29. The number of carbonyl (C=O) groups is 3. The number of imide groups is 1. The normalized spacial score (nSPS) is 15.3. The lowest BCUT2D eigenvalue weighted by atomic mass is 10.2. The maximum absolute atomic E-state index is 12.4. The van der Waals surface area contributed by atoms with Crippen molar-refractivity contribution in [3.05, 3.63) is 16.4 Å². The maximum atomic E-state index is 12.4. The average Bonchev–Trinajstić information content (AvgIpc) is 3.07. The zero-order chi connectivity index (χ0) is 17.9. The van der Waals surface area contributed by atoms with E-state index in [4.69, 9.17) is 16.3 Å². The van der Waals surface area contributed by atoms with Gasteiger partial charge in [0.2, 0.25) is 0 Å². The van der Waals surface area contributed by atoms with Crippen LogP contribution in [-0.2, 0) is 16.1 Å². The van der Waals surface area contributed by atoms with Crippen LogP contribution in [0.15, 0.2) is 0 Å². The summed E-state index contributed by atoms with van der Waals surface area (Å²) in [4.78, 5) is 37.1. The molecule has 0 spiro atoms. The van der Waals surface area contributed by atoms with Crippen molar-refractivity contribution >= 4 is 29.5 Å². The molecule has 3 amide bonds. The summed E-state index contributed by atoms with van der Waals surface area (Å²) in [5.41, 5.74) is 0.595. The topological polar surface area (TPSA) is 93.5 Å². The van der Waals surface area contributed by atoms with Gasteiger partial charge >= 0.3 is 12.0 Å². The standard InChI is InChI=1S/C15H21ClN4O4/c1-4-5-7-20-12(16)11(9(2)18-20)14(22)24-10(3)13(21)19-8-6-17-15(19)23/h10H,4-8H2,1-3H3,(H,17,23)/t10-/m1/s1. The zero-order valence-corrected chi connectivity index (χ0v) is 14.7. The second kappa shape index (κ2) is 7.65. The Hall–Kier alpha value is -2.09. The maximum Gasteiger partial charge on any atom is 0.343 e. The molecule has 1 aromatic heterocycles. The third-order valence-corrected chi connectivity index (χ3v) is 4.13. The van der Waals surface area contributed by atoms with Crippen LogP contribution in [0.1, 0.15) is 42.7 Å². The molecule has 132 valence electrons. The fraction of sp³-hybridized carbons (Fsp3) is 0.600. The number of nitrogens with one attached hydrogen (secondary N) is 1. The van der Waals surface area contributed by atoms with Crippen molar-refractivity contribution in [2.45, 2.75) is 46.3 Å². The number of urea groups is 1. The van der Waals surface area contributed by atoms with Gasteiger partial charge in [-0.1, -0.05) is 24.9 Å². The minimum absolute atomic E-state index is 0.151. The SMILES string of the molecule is CCCCn1nc(C)c(C(=O)O[C@H](C)C(=O)N2CCNC2=O)c1Cl. The number of esters is 1. The van der Waals surface area contributed by atoms with Gasteiger partial charge < -0.3 is 10.1 Å². The number of hydrogen-bond donors (Lipinski definition) is 1. The molecule has 1 N–H and O–H groups in total. The highest BCUT2D eigenvalue weighted by molar-refractivity contribution is 6.32. The summed E-state index contributed by atoms with van der Waals surface area (Å²) < 4.78 is 6.74. The zero-order valence-electron chi connectivity index (χ0n) is 14.0. The second-order valence-corrected chi connectivity index (χ2v) is 5.96. The quantitative estimate of drug-likeness (QED) is 0.783. The van der Waals surface area contributed by atoms with Crippen LogP contribution in [0.3, 0.4) is 0 Å². The first-order chi connectivity index (χ1) is 11.4. The second-order valence-electron chi connectivity index (χ2n) is 5.60. The summed E-state index contributed by atoms with van der Waals surface area (Å²) in [7, 11) is 0. The molecule has 0 aliphatic carbocycles. The van der Waals surface area contributed by atoms with Crippen molar-refractivity contribution in [1.29, 1.82) is 0 Å². The highest BCUT2D eigenvalue weighted by Crippen LogP contribution is 2.22. The number of rotatable bonds is 6. The monoisotopic (exact) mass is 356 g/mol. The van der Waals surface area contributed by atoms with Crippen LogP contribution in [0.2, 0.25) is 5.15 Å². The Morgan fingerprint density at radius 2 is 2.17 bits per heavy atom. The van der Waals surface area contributed by atoms with Crippen LogP contribution < -0.4 is 5.32 Å². The summed E-state index contributed by atoms with van der Waals surface area (Å²) in [6.07, 6.45) is 0.767. The van der Waals surface area contributed by atoms with E-state index < -0.39 is 24.0 Å². The fourth-order valence-electron chi connectivity index (χ4n) is 2.41. The van der Waals surface area contributed by atoms with Crippen molar-refractivity contribution in [2.24, 2.45) is 0 Å². The Balaban J connectivity index is 2.07. The molecule has 24 heavy (non-hydrogen) atoms. The fourth-order valence-corrected chi connectivity index (χ4v) is 2.75. The minimum atomic E-state index is -1.09. The van der Waals surface area contributed by atoms with Gasteiger partial charge in [-0.3, -0.25) is 14.4 Å². The van der Waals surface area contributed by atoms with Gasteiger partial charge in [0.15, 0.2) is 6.10 Å². The molecular formula is C15H21ClN4O4. The number of aryl methyl sites for hydroxylation is 2. The molecule has 1 aliphatic rings. The van der Waals surface area contributed by atoms with E-state index in [9.17, 15) is 14.4 Å². The molecule has 0 aromatic carbocycles. The van der Waals surface area contributed by atoms with Crippen LogP contribution in [0, 0.1) is 6.92 Å². The number of unbranched alkanes of at least 4 members (excludes halogenated alkanes) is 1. The summed E-state index contributed by atoms with van der Waals surface area (Å²) in [6.45, 7) is 6.38. The molecule has 0 unspecified atom stereocenters. The van der Waals surface area contributed by atoms with E-state index in [0.29, 0.717) is 18.8 Å². The van der Waals surface area contributed by atoms with Crippen molar-refractivity contribution in [3.8, 4) is 0 Å². The van der Waals surface area contributed by atoms with E-state index in [1.165, 1.54) is 6.92 Å². The van der Waals surface area contributed by atoms with E-state index >= 15 is 0 Å². The molecule has 0 radical (unpaired) electrons. The van der Waals surface area contributed by atoms with E-state index in [1.807, 2.05) is 6.92 Å². The number of halogens is 1. The Kier molecular flexibility index (Phi) is 5.82. The predicted molar refractivity (Wildman–Crippen MR) is 86.9 cm³/mol. The number of amides is 3. The molecule has 9 heteroatoms. The summed E-state index contributed by atoms with van der Waals surface area (Å²) in [5, 5.41) is 6.96. The molecule has 1 fully saturated rings. The molecule has 1 aliphatic heterocycles. The van der Waals surface area contributed by atoms with Gasteiger partial charge in [-0.15, -0.1) is 0 Å². The van der Waals surface area contributed by atoms with Gasteiger partial charge in [0.25, 0.3) is 5.91 Å². The molecule has 1 atom stereocenters. The number of carbonyl (C=O) groups excluding carboxylic acids is 3. The van der Waals surface area contributed by atoms with Crippen LogP contribution in [-0.4, -0.2) is 51.8 Å². The highest BCUT2D eigenvalue weighted by Gasteiger charge is 2.33. The van der Waals surface area contributed by atoms with Gasteiger partial charge in [0, 0.05) is 19.6 Å². The van der Waals surface area contributed by atoms with Crippen LogP contribution >= 0.6 is 11.6 Å². The predicted octanol–water partition coefficient (Wildman–Crippen LogP) is 1.74. The number of aromatic nitrogens is 2. The van der Waals surface area contributed by atoms with E-state index in [1.54, 1.807) is 11.6 Å². The van der Waals surface area contributed by atoms with Gasteiger partial charge in [0.05, 0.1) is 5.69 Å². The Labute approximate surface area is 145 Å². The molecule has 0 bridgehead atoms. The van der Waals surface area contributed by atoms with Gasteiger partial charge in [-0.2, -0.15) is 5.10 Å². The van der Waals surface area contributed by atoms with Gasteiger partial charge in [-0.05, 0) is 20.3 Å². The Bertz CT molecular complexity index is 658. The molecule has 8 nitrogen and oxygen atoms in total. The van der Waals surface area contributed by atoms with Gasteiger partial charge in [0.1, 0.15) is 10.7 Å². The summed E-state index contributed by atoms with van der Waals surface area (Å²) >= 11 is 6.21. The minimum Gasteiger partial charge on any atom is -0.449 e. The molecule has 1 saturated heterocycles. The number of hydrogen-bond acceptors (Lipinski definition) is 5. The first kappa shape index (κ1) is 18.3. The smallest absolute Gasteiger partial charge is 0.343 e. The number of ether oxygens (including phenoxy) is 1. The average molecular weight is 357 g/mol. The third kappa shape index (κ3) is 3.69. The number of nitrogens with zero attached hydrogens (tertiary/aromatic N) is 3. The Morgan fingerprint density at radius 1 is 1.46 bits per heavy atom. The summed E-state index contributed by atoms with van der Waals surface area (Å²) in [6, 6.07) is -0.482. The largest absolute Gasteiger partial charge is 0.449 e. The van der Waals surface area contributed by atoms with Crippen molar-refractivity contribution in [2.75, 3.05) is 13.1 Å². The van der Waals surface area contributed by atoms with E-state index in [0.717, 1.165) is 17.7 Å². The lowest BCUT2D eigenvalue weighted by Gasteiger charge is -2.18. The molecule has 2 rings (SSSR count). The first-order valence-electron chi connectivity index (χ1n) is 7.89. The van der Waals surface area contributed by atoms with E-state index in [-0.39, 0.29) is 17.3 Å².